The fourth-order valence-corrected chi connectivity index (χ4v) is 1.76. The molecule has 0 bridgehead atoms. The van der Waals surface area contributed by atoms with Gasteiger partial charge in [-0.3, -0.25) is 0 Å². The van der Waals surface area contributed by atoms with Crippen molar-refractivity contribution in [1.29, 1.82) is 0 Å². The highest BCUT2D eigenvalue weighted by Gasteiger charge is 2.05. The summed E-state index contributed by atoms with van der Waals surface area (Å²) in [5, 5.41) is 0. The van der Waals surface area contributed by atoms with Crippen LogP contribution in [0.3, 0.4) is 0 Å². The smallest absolute Gasteiger partial charge is 0.139 e. The maximum absolute atomic E-state index is 5.56. The van der Waals surface area contributed by atoms with Gasteiger partial charge in [0.25, 0.3) is 0 Å². The van der Waals surface area contributed by atoms with E-state index in [9.17, 15) is 0 Å². The van der Waals surface area contributed by atoms with Crippen LogP contribution < -0.4 is 10.5 Å². The summed E-state index contributed by atoms with van der Waals surface area (Å²) in [5.41, 5.74) is 6.64. The average Bonchev–Trinajstić information content (AvgIpc) is 2.79. The predicted molar refractivity (Wildman–Crippen MR) is 67.9 cm³/mol. The lowest BCUT2D eigenvalue weighted by Gasteiger charge is -2.07. The van der Waals surface area contributed by atoms with Crippen molar-refractivity contribution in [1.82, 2.24) is 9.55 Å². The van der Waals surface area contributed by atoms with E-state index in [2.05, 4.69) is 9.55 Å². The lowest BCUT2D eigenvalue weighted by atomic mass is 10.2. The Balaban J connectivity index is 2.23. The van der Waals surface area contributed by atoms with Crippen molar-refractivity contribution < 1.29 is 4.74 Å². The Hall–Kier alpha value is -1.81. The van der Waals surface area contributed by atoms with Gasteiger partial charge in [0.1, 0.15) is 11.6 Å². The Kier molecular flexibility index (Phi) is 3.77. The third kappa shape index (κ3) is 2.65. The van der Waals surface area contributed by atoms with Crippen molar-refractivity contribution in [3.63, 3.8) is 0 Å². The maximum Gasteiger partial charge on any atom is 0.139 e. The molecule has 1 aromatic carbocycles. The Morgan fingerprint density at radius 1 is 1.29 bits per heavy atom. The highest BCUT2D eigenvalue weighted by atomic mass is 16.5. The number of rotatable bonds is 5. The zero-order chi connectivity index (χ0) is 12.1. The van der Waals surface area contributed by atoms with Gasteiger partial charge in [-0.05, 0) is 31.2 Å². The van der Waals surface area contributed by atoms with Crippen LogP contribution in [0.25, 0.3) is 11.4 Å². The zero-order valence-corrected chi connectivity index (χ0v) is 9.97. The summed E-state index contributed by atoms with van der Waals surface area (Å²) in [6.07, 6.45) is 3.74. The van der Waals surface area contributed by atoms with Gasteiger partial charge in [0.15, 0.2) is 0 Å². The summed E-state index contributed by atoms with van der Waals surface area (Å²) in [6, 6.07) is 7.95. The van der Waals surface area contributed by atoms with Gasteiger partial charge in [0.2, 0.25) is 0 Å². The molecule has 1 aromatic heterocycles. The monoisotopic (exact) mass is 231 g/mol. The Labute approximate surface area is 101 Å². The van der Waals surface area contributed by atoms with Crippen LogP contribution in [0.2, 0.25) is 0 Å². The quantitative estimate of drug-likeness (QED) is 0.855. The molecule has 0 aliphatic rings. The third-order valence-electron chi connectivity index (χ3n) is 2.51. The number of benzene rings is 1. The summed E-state index contributed by atoms with van der Waals surface area (Å²) in [7, 11) is 0. The van der Waals surface area contributed by atoms with Gasteiger partial charge in [0.05, 0.1) is 6.61 Å². The van der Waals surface area contributed by atoms with Gasteiger partial charge in [-0.2, -0.15) is 0 Å². The first-order valence-corrected chi connectivity index (χ1v) is 5.79. The average molecular weight is 231 g/mol. The van der Waals surface area contributed by atoms with Gasteiger partial charge in [0, 0.05) is 31.0 Å². The second-order valence-electron chi connectivity index (χ2n) is 3.69. The Morgan fingerprint density at radius 3 is 2.71 bits per heavy atom. The minimum Gasteiger partial charge on any atom is -0.494 e. The molecule has 90 valence electrons. The second-order valence-corrected chi connectivity index (χ2v) is 3.69. The highest BCUT2D eigenvalue weighted by molar-refractivity contribution is 5.56. The zero-order valence-electron chi connectivity index (χ0n) is 9.97. The molecule has 17 heavy (non-hydrogen) atoms. The summed E-state index contributed by atoms with van der Waals surface area (Å²) in [6.45, 7) is 4.05. The molecule has 2 N–H and O–H groups in total. The number of hydrogen-bond donors (Lipinski definition) is 1. The first-order valence-electron chi connectivity index (χ1n) is 5.79. The highest BCUT2D eigenvalue weighted by Crippen LogP contribution is 2.20. The number of aromatic nitrogens is 2. The minimum atomic E-state index is 0.611. The van der Waals surface area contributed by atoms with Gasteiger partial charge in [-0.15, -0.1) is 0 Å². The van der Waals surface area contributed by atoms with E-state index in [1.807, 2.05) is 37.4 Å². The fraction of sp³-hybridized carbons (Fsp3) is 0.308. The van der Waals surface area contributed by atoms with Gasteiger partial charge in [-0.25, -0.2) is 4.98 Å². The standard InChI is InChI=1S/C13H17N3O/c1-2-17-12-5-3-11(4-6-12)13-15-8-10-16(13)9-7-14/h3-6,8,10H,2,7,9,14H2,1H3. The lowest BCUT2D eigenvalue weighted by Crippen LogP contribution is -2.10. The molecule has 0 atom stereocenters. The third-order valence-corrected chi connectivity index (χ3v) is 2.51. The van der Waals surface area contributed by atoms with Crippen molar-refractivity contribution in [3.8, 4) is 17.1 Å². The molecule has 0 fully saturated rings. The van der Waals surface area contributed by atoms with Crippen molar-refractivity contribution in [2.45, 2.75) is 13.5 Å². The normalized spacial score (nSPS) is 10.5. The van der Waals surface area contributed by atoms with E-state index in [0.29, 0.717) is 13.2 Å². The van der Waals surface area contributed by atoms with E-state index < -0.39 is 0 Å². The van der Waals surface area contributed by atoms with Crippen molar-refractivity contribution >= 4 is 0 Å². The van der Waals surface area contributed by atoms with Crippen molar-refractivity contribution in [3.05, 3.63) is 36.7 Å². The van der Waals surface area contributed by atoms with E-state index in [4.69, 9.17) is 10.5 Å². The molecule has 0 unspecified atom stereocenters. The molecule has 2 rings (SSSR count). The van der Waals surface area contributed by atoms with Crippen molar-refractivity contribution in [2.24, 2.45) is 5.73 Å². The molecule has 0 radical (unpaired) electrons. The van der Waals surface area contributed by atoms with Crippen LogP contribution in [0, 0.1) is 0 Å². The molecule has 0 saturated heterocycles. The largest absolute Gasteiger partial charge is 0.494 e. The number of imidazole rings is 1. The van der Waals surface area contributed by atoms with E-state index in [1.165, 1.54) is 0 Å². The van der Waals surface area contributed by atoms with E-state index in [-0.39, 0.29) is 0 Å². The molecular formula is C13H17N3O. The summed E-state index contributed by atoms with van der Waals surface area (Å²) >= 11 is 0. The molecule has 4 heteroatoms. The molecular weight excluding hydrogens is 214 g/mol. The summed E-state index contributed by atoms with van der Waals surface area (Å²) < 4.78 is 7.46. The van der Waals surface area contributed by atoms with Crippen LogP contribution in [0.15, 0.2) is 36.7 Å². The van der Waals surface area contributed by atoms with Crippen LogP contribution >= 0.6 is 0 Å². The molecule has 0 amide bonds. The number of hydrogen-bond acceptors (Lipinski definition) is 3. The van der Waals surface area contributed by atoms with Crippen LogP contribution in [0.4, 0.5) is 0 Å². The first kappa shape index (κ1) is 11.7. The second kappa shape index (κ2) is 5.50. The van der Waals surface area contributed by atoms with Crippen LogP contribution in [0.5, 0.6) is 5.75 Å². The predicted octanol–water partition coefficient (Wildman–Crippen LogP) is 1.91. The maximum atomic E-state index is 5.56. The van der Waals surface area contributed by atoms with E-state index in [0.717, 1.165) is 23.7 Å². The molecule has 2 aromatic rings. The van der Waals surface area contributed by atoms with Crippen molar-refractivity contribution in [2.75, 3.05) is 13.2 Å². The number of ether oxygens (including phenoxy) is 1. The van der Waals surface area contributed by atoms with E-state index in [1.54, 1.807) is 6.20 Å². The summed E-state index contributed by atoms with van der Waals surface area (Å²) in [5.74, 6) is 1.83. The van der Waals surface area contributed by atoms with Gasteiger partial charge in [-0.1, -0.05) is 0 Å². The SMILES string of the molecule is CCOc1ccc(-c2nccn2CCN)cc1. The Morgan fingerprint density at radius 2 is 2.06 bits per heavy atom. The van der Waals surface area contributed by atoms with Crippen LogP contribution in [0.1, 0.15) is 6.92 Å². The molecule has 0 aliphatic heterocycles. The topological polar surface area (TPSA) is 53.1 Å². The lowest BCUT2D eigenvalue weighted by molar-refractivity contribution is 0.340. The minimum absolute atomic E-state index is 0.611. The molecule has 0 spiro atoms. The molecule has 1 heterocycles. The molecule has 0 saturated carbocycles. The Bertz CT molecular complexity index is 462. The van der Waals surface area contributed by atoms with Gasteiger partial charge >= 0.3 is 0 Å². The molecule has 4 nitrogen and oxygen atoms in total. The first-order chi connectivity index (χ1) is 8.35. The van der Waals surface area contributed by atoms with E-state index >= 15 is 0 Å². The number of nitrogens with zero attached hydrogens (tertiary/aromatic N) is 2. The van der Waals surface area contributed by atoms with Crippen LogP contribution in [-0.2, 0) is 6.54 Å². The molecule has 0 aliphatic carbocycles. The van der Waals surface area contributed by atoms with Crippen LogP contribution in [-0.4, -0.2) is 22.7 Å². The number of nitrogens with two attached hydrogens (primary N) is 1. The summed E-state index contributed by atoms with van der Waals surface area (Å²) in [4.78, 5) is 4.35. The van der Waals surface area contributed by atoms with Gasteiger partial charge < -0.3 is 15.0 Å². The fourth-order valence-electron chi connectivity index (χ4n) is 1.76.